The molecule has 0 spiro atoms. The highest BCUT2D eigenvalue weighted by Crippen LogP contribution is 2.12. The summed E-state index contributed by atoms with van der Waals surface area (Å²) < 4.78 is 0. The highest BCUT2D eigenvalue weighted by atomic mass is 16.4. The van der Waals surface area contributed by atoms with Crippen molar-refractivity contribution >= 4 is 29.7 Å². The maximum absolute atomic E-state index is 13.0. The van der Waals surface area contributed by atoms with Gasteiger partial charge in [-0.05, 0) is 17.7 Å². The van der Waals surface area contributed by atoms with Crippen LogP contribution in [-0.2, 0) is 36.8 Å². The molecule has 0 aliphatic carbocycles. The number of aromatic amines is 1. The summed E-state index contributed by atoms with van der Waals surface area (Å²) in [7, 11) is 0. The Balaban J connectivity index is 2.14. The number of benzene rings is 1. The van der Waals surface area contributed by atoms with E-state index in [0.717, 1.165) is 0 Å². The molecule has 0 radical (unpaired) electrons. The molecule has 2 rings (SSSR count). The van der Waals surface area contributed by atoms with Crippen LogP contribution in [-0.4, -0.2) is 90.8 Å². The standard InChI is InChI=1S/C22H28N6O9/c23-14(7-18(31)32)19(33)26-15(5-11-1-3-13(30)4-2-11)20(34)28-17(9-29)21(35)27-16(22(36)37)6-12-8-24-10-25-12/h1-4,8,10,14-17,29-30H,5-7,9,23H2,(H,24,25)(H,26,33)(H,27,35)(H,28,34)(H,31,32)(H,36,37). The zero-order valence-electron chi connectivity index (χ0n) is 19.5. The molecule has 15 heteroatoms. The number of aromatic nitrogens is 2. The van der Waals surface area contributed by atoms with Gasteiger partial charge in [0.15, 0.2) is 0 Å². The Morgan fingerprint density at radius 2 is 1.49 bits per heavy atom. The summed E-state index contributed by atoms with van der Waals surface area (Å²) in [6, 6.07) is -0.175. The molecule has 200 valence electrons. The van der Waals surface area contributed by atoms with Crippen LogP contribution >= 0.6 is 0 Å². The van der Waals surface area contributed by atoms with Crippen molar-refractivity contribution in [2.75, 3.05) is 6.61 Å². The normalized spacial score (nSPS) is 14.0. The molecule has 0 saturated heterocycles. The third kappa shape index (κ3) is 9.23. The minimum atomic E-state index is -1.58. The number of hydrogen-bond acceptors (Lipinski definition) is 9. The van der Waals surface area contributed by atoms with Crippen LogP contribution in [0.1, 0.15) is 17.7 Å². The van der Waals surface area contributed by atoms with E-state index in [2.05, 4.69) is 25.9 Å². The zero-order chi connectivity index (χ0) is 27.5. The van der Waals surface area contributed by atoms with Crippen LogP contribution in [0.15, 0.2) is 36.8 Å². The highest BCUT2D eigenvalue weighted by Gasteiger charge is 2.30. The summed E-state index contributed by atoms with van der Waals surface area (Å²) in [5.74, 6) is -5.62. The molecule has 37 heavy (non-hydrogen) atoms. The molecule has 10 N–H and O–H groups in total. The van der Waals surface area contributed by atoms with E-state index in [9.17, 15) is 39.3 Å². The Morgan fingerprint density at radius 3 is 2.03 bits per heavy atom. The fraction of sp³-hybridized carbons (Fsp3) is 0.364. The van der Waals surface area contributed by atoms with Gasteiger partial charge in [-0.15, -0.1) is 0 Å². The first-order valence-corrected chi connectivity index (χ1v) is 11.0. The summed E-state index contributed by atoms with van der Waals surface area (Å²) >= 11 is 0. The number of carboxylic acid groups (broad SMARTS) is 2. The molecule has 1 aromatic heterocycles. The fourth-order valence-electron chi connectivity index (χ4n) is 3.19. The average Bonchev–Trinajstić information content (AvgIpc) is 3.35. The first-order valence-electron chi connectivity index (χ1n) is 11.0. The molecule has 0 saturated carbocycles. The summed E-state index contributed by atoms with van der Waals surface area (Å²) in [6.45, 7) is -0.896. The van der Waals surface area contributed by atoms with Crippen LogP contribution in [0, 0.1) is 0 Å². The molecule has 0 bridgehead atoms. The molecular weight excluding hydrogens is 492 g/mol. The van der Waals surface area contributed by atoms with Crippen LogP contribution in [0.2, 0.25) is 0 Å². The number of H-pyrrole nitrogens is 1. The van der Waals surface area contributed by atoms with Gasteiger partial charge < -0.3 is 47.1 Å². The van der Waals surface area contributed by atoms with Crippen molar-refractivity contribution in [1.29, 1.82) is 0 Å². The number of hydrogen-bond donors (Lipinski definition) is 9. The lowest BCUT2D eigenvalue weighted by Gasteiger charge is -2.24. The molecule has 0 aliphatic rings. The number of rotatable bonds is 14. The maximum atomic E-state index is 13.0. The van der Waals surface area contributed by atoms with E-state index in [1.807, 2.05) is 0 Å². The van der Waals surface area contributed by atoms with Crippen molar-refractivity contribution in [3.05, 3.63) is 48.0 Å². The van der Waals surface area contributed by atoms with Crippen molar-refractivity contribution < 1.29 is 44.4 Å². The summed E-state index contributed by atoms with van der Waals surface area (Å²) in [4.78, 5) is 66.9. The second kappa shape index (κ2) is 13.6. The number of aliphatic carboxylic acids is 2. The molecule has 0 aliphatic heterocycles. The van der Waals surface area contributed by atoms with Crippen molar-refractivity contribution in [2.24, 2.45) is 5.73 Å². The number of nitrogens with zero attached hydrogens (tertiary/aromatic N) is 1. The van der Waals surface area contributed by atoms with Gasteiger partial charge >= 0.3 is 11.9 Å². The van der Waals surface area contributed by atoms with Gasteiger partial charge in [-0.2, -0.15) is 0 Å². The molecule has 2 aromatic rings. The van der Waals surface area contributed by atoms with Gasteiger partial charge in [-0.1, -0.05) is 12.1 Å². The number of amides is 3. The molecular formula is C22H28N6O9. The van der Waals surface area contributed by atoms with Gasteiger partial charge in [0.1, 0.15) is 23.9 Å². The summed E-state index contributed by atoms with van der Waals surface area (Å²) in [5, 5.41) is 44.2. The average molecular weight is 520 g/mol. The highest BCUT2D eigenvalue weighted by molar-refractivity contribution is 5.95. The Morgan fingerprint density at radius 1 is 0.892 bits per heavy atom. The van der Waals surface area contributed by atoms with E-state index >= 15 is 0 Å². The molecule has 3 amide bonds. The molecule has 15 nitrogen and oxygen atoms in total. The van der Waals surface area contributed by atoms with E-state index in [0.29, 0.717) is 11.3 Å². The first-order chi connectivity index (χ1) is 17.5. The number of aromatic hydroxyl groups is 1. The summed E-state index contributed by atoms with van der Waals surface area (Å²) in [5.41, 5.74) is 6.48. The molecule has 4 atom stereocenters. The second-order valence-electron chi connectivity index (χ2n) is 8.06. The maximum Gasteiger partial charge on any atom is 0.326 e. The van der Waals surface area contributed by atoms with E-state index in [1.54, 1.807) is 0 Å². The van der Waals surface area contributed by atoms with Crippen molar-refractivity contribution in [3.8, 4) is 5.75 Å². The predicted molar refractivity (Wildman–Crippen MR) is 125 cm³/mol. The number of imidazole rings is 1. The minimum Gasteiger partial charge on any atom is -0.508 e. The van der Waals surface area contributed by atoms with E-state index < -0.39 is 66.9 Å². The second-order valence-corrected chi connectivity index (χ2v) is 8.06. The third-order valence-corrected chi connectivity index (χ3v) is 5.15. The van der Waals surface area contributed by atoms with Crippen molar-refractivity contribution in [2.45, 2.75) is 43.4 Å². The number of nitrogens with two attached hydrogens (primary N) is 1. The molecule has 4 unspecified atom stereocenters. The van der Waals surface area contributed by atoms with Gasteiger partial charge in [0.25, 0.3) is 0 Å². The Labute approximate surface area is 210 Å². The van der Waals surface area contributed by atoms with Gasteiger partial charge in [0.05, 0.1) is 25.4 Å². The van der Waals surface area contributed by atoms with Crippen LogP contribution in [0.3, 0.4) is 0 Å². The lowest BCUT2D eigenvalue weighted by atomic mass is 10.0. The van der Waals surface area contributed by atoms with E-state index in [-0.39, 0.29) is 18.6 Å². The molecule has 0 fully saturated rings. The number of aliphatic hydroxyl groups excluding tert-OH is 1. The zero-order valence-corrected chi connectivity index (χ0v) is 19.5. The van der Waals surface area contributed by atoms with E-state index in [1.165, 1.54) is 36.8 Å². The van der Waals surface area contributed by atoms with Crippen LogP contribution < -0.4 is 21.7 Å². The van der Waals surface area contributed by atoms with Crippen LogP contribution in [0.25, 0.3) is 0 Å². The Kier molecular flexibility index (Phi) is 10.5. The SMILES string of the molecule is NC(CC(=O)O)C(=O)NC(Cc1ccc(O)cc1)C(=O)NC(CO)C(=O)NC(Cc1cnc[nH]1)C(=O)O. The predicted octanol–water partition coefficient (Wildman–Crippen LogP) is -2.77. The number of carbonyl (C=O) groups excluding carboxylic acids is 3. The van der Waals surface area contributed by atoms with Gasteiger partial charge in [-0.25, -0.2) is 9.78 Å². The minimum absolute atomic E-state index is 0.0441. The quantitative estimate of drug-likeness (QED) is 0.123. The van der Waals surface area contributed by atoms with Gasteiger partial charge in [0, 0.05) is 24.7 Å². The van der Waals surface area contributed by atoms with Crippen molar-refractivity contribution in [1.82, 2.24) is 25.9 Å². The number of phenols is 1. The third-order valence-electron chi connectivity index (χ3n) is 5.15. The topological polar surface area (TPSA) is 257 Å². The Bertz CT molecular complexity index is 1090. The fourth-order valence-corrected chi connectivity index (χ4v) is 3.19. The summed E-state index contributed by atoms with van der Waals surface area (Å²) in [6.07, 6.45) is 1.72. The Hall–Kier alpha value is -4.50. The van der Waals surface area contributed by atoms with Gasteiger partial charge in [-0.3, -0.25) is 19.2 Å². The van der Waals surface area contributed by atoms with E-state index in [4.69, 9.17) is 10.8 Å². The number of carboxylic acids is 2. The monoisotopic (exact) mass is 520 g/mol. The first kappa shape index (κ1) is 28.7. The number of phenolic OH excluding ortho intramolecular Hbond substituents is 1. The lowest BCUT2D eigenvalue weighted by molar-refractivity contribution is -0.142. The molecule has 1 heterocycles. The van der Waals surface area contributed by atoms with Gasteiger partial charge in [0.2, 0.25) is 17.7 Å². The largest absolute Gasteiger partial charge is 0.508 e. The molecule has 1 aromatic carbocycles. The van der Waals surface area contributed by atoms with Crippen LogP contribution in [0.5, 0.6) is 5.75 Å². The smallest absolute Gasteiger partial charge is 0.326 e. The van der Waals surface area contributed by atoms with Crippen molar-refractivity contribution in [3.63, 3.8) is 0 Å². The number of carbonyl (C=O) groups is 5. The number of nitrogens with one attached hydrogen (secondary N) is 4. The van der Waals surface area contributed by atoms with Crippen LogP contribution in [0.4, 0.5) is 0 Å². The number of aliphatic hydroxyl groups is 1. The lowest BCUT2D eigenvalue weighted by Crippen LogP contribution is -2.58.